The summed E-state index contributed by atoms with van der Waals surface area (Å²) in [6.45, 7) is 3.32. The lowest BCUT2D eigenvalue weighted by atomic mass is 9.87. The Morgan fingerprint density at radius 2 is 1.82 bits per heavy atom. The maximum atomic E-state index is 9.10. The van der Waals surface area contributed by atoms with E-state index in [4.69, 9.17) is 24.3 Å². The quantitative estimate of drug-likeness (QED) is 0.741. The minimum Gasteiger partial charge on any atom is -0.473 e. The van der Waals surface area contributed by atoms with E-state index in [2.05, 4.69) is 25.0 Å². The molecule has 0 aromatic carbocycles. The predicted octanol–water partition coefficient (Wildman–Crippen LogP) is 1.66. The number of aliphatic carboxylic acids is 2. The third-order valence-electron chi connectivity index (χ3n) is 4.96. The van der Waals surface area contributed by atoms with Crippen LogP contribution in [0.2, 0.25) is 0 Å². The highest BCUT2D eigenvalue weighted by Gasteiger charge is 2.34. The van der Waals surface area contributed by atoms with Crippen molar-refractivity contribution >= 4 is 11.9 Å². The van der Waals surface area contributed by atoms with Crippen molar-refractivity contribution in [1.29, 1.82) is 0 Å². The Hall–Kier alpha value is -2.88. The molecule has 10 heteroatoms. The lowest BCUT2D eigenvalue weighted by Gasteiger charge is -2.40. The van der Waals surface area contributed by atoms with Crippen LogP contribution in [0.15, 0.2) is 23.1 Å². The third-order valence-corrected chi connectivity index (χ3v) is 4.96. The fourth-order valence-electron chi connectivity index (χ4n) is 3.53. The van der Waals surface area contributed by atoms with Crippen molar-refractivity contribution in [3.8, 4) is 11.5 Å². The first kappa shape index (κ1) is 19.9. The van der Waals surface area contributed by atoms with Gasteiger partial charge in [-0.15, -0.1) is 0 Å². The summed E-state index contributed by atoms with van der Waals surface area (Å²) in [5, 5.41) is 18.8. The number of carboxylic acids is 2. The van der Waals surface area contributed by atoms with E-state index in [1.807, 2.05) is 0 Å². The summed E-state index contributed by atoms with van der Waals surface area (Å²) in [5.41, 5.74) is 0.663. The normalized spacial score (nSPS) is 18.0. The van der Waals surface area contributed by atoms with Gasteiger partial charge in [-0.3, -0.25) is 4.98 Å². The summed E-state index contributed by atoms with van der Waals surface area (Å²) < 4.78 is 5.41. The molecule has 0 radical (unpaired) electrons. The summed E-state index contributed by atoms with van der Waals surface area (Å²) in [5.74, 6) is -1.10. The topological polar surface area (TPSA) is 143 Å². The first-order valence-corrected chi connectivity index (χ1v) is 9.31. The maximum Gasteiger partial charge on any atom is 0.414 e. The Kier molecular flexibility index (Phi) is 6.64. The van der Waals surface area contributed by atoms with Crippen LogP contribution in [-0.4, -0.2) is 66.8 Å². The highest BCUT2D eigenvalue weighted by atomic mass is 16.5. The Labute approximate surface area is 161 Å². The van der Waals surface area contributed by atoms with Crippen LogP contribution in [0.25, 0.3) is 11.5 Å². The van der Waals surface area contributed by atoms with Gasteiger partial charge in [-0.1, -0.05) is 24.4 Å². The van der Waals surface area contributed by atoms with Crippen molar-refractivity contribution in [2.45, 2.75) is 38.0 Å². The number of hydrogen-bond donors (Lipinski definition) is 2. The molecule has 1 aliphatic heterocycles. The molecule has 0 amide bonds. The summed E-state index contributed by atoms with van der Waals surface area (Å²) in [4.78, 5) is 33.4. The Morgan fingerprint density at radius 1 is 1.11 bits per heavy atom. The molecule has 0 atom stereocenters. The monoisotopic (exact) mass is 389 g/mol. The molecule has 0 spiro atoms. The number of carbonyl (C=O) groups is 2. The van der Waals surface area contributed by atoms with E-state index in [1.165, 1.54) is 38.6 Å². The van der Waals surface area contributed by atoms with E-state index in [1.54, 1.807) is 18.6 Å². The van der Waals surface area contributed by atoms with Gasteiger partial charge in [0.1, 0.15) is 5.69 Å². The van der Waals surface area contributed by atoms with Crippen LogP contribution in [0.1, 0.15) is 43.9 Å². The molecule has 150 valence electrons. The average Bonchev–Trinajstić information content (AvgIpc) is 3.16. The first-order chi connectivity index (χ1) is 13.5. The summed E-state index contributed by atoms with van der Waals surface area (Å²) in [7, 11) is 0. The summed E-state index contributed by atoms with van der Waals surface area (Å²) >= 11 is 0. The van der Waals surface area contributed by atoms with Crippen molar-refractivity contribution in [2.75, 3.05) is 19.6 Å². The second-order valence-corrected chi connectivity index (χ2v) is 7.08. The lowest BCUT2D eigenvalue weighted by molar-refractivity contribution is -0.159. The second-order valence-electron chi connectivity index (χ2n) is 7.08. The first-order valence-electron chi connectivity index (χ1n) is 9.31. The van der Waals surface area contributed by atoms with E-state index in [9.17, 15) is 0 Å². The lowest BCUT2D eigenvalue weighted by Crippen LogP contribution is -2.47. The molecule has 2 aromatic rings. The number of nitrogens with zero attached hydrogens (tertiary/aromatic N) is 5. The van der Waals surface area contributed by atoms with Gasteiger partial charge in [0.25, 0.3) is 0 Å². The molecule has 0 bridgehead atoms. The van der Waals surface area contributed by atoms with Crippen LogP contribution in [-0.2, 0) is 9.59 Å². The van der Waals surface area contributed by atoms with Gasteiger partial charge < -0.3 is 19.6 Å². The van der Waals surface area contributed by atoms with Crippen LogP contribution in [0.3, 0.4) is 0 Å². The van der Waals surface area contributed by atoms with Gasteiger partial charge in [-0.25, -0.2) is 14.6 Å². The van der Waals surface area contributed by atoms with Crippen LogP contribution < -0.4 is 0 Å². The van der Waals surface area contributed by atoms with E-state index >= 15 is 0 Å². The minimum atomic E-state index is -1.82. The highest BCUT2D eigenvalue weighted by molar-refractivity contribution is 6.27. The molecule has 4 rings (SSSR count). The number of carboxylic acid groups (broad SMARTS) is 2. The van der Waals surface area contributed by atoms with Crippen LogP contribution in [0, 0.1) is 5.92 Å². The van der Waals surface area contributed by atoms with Gasteiger partial charge in [0.2, 0.25) is 11.7 Å². The average molecular weight is 389 g/mol. The van der Waals surface area contributed by atoms with E-state index < -0.39 is 11.9 Å². The fraction of sp³-hybridized carbons (Fsp3) is 0.556. The Bertz CT molecular complexity index is 773. The number of likely N-dealkylation sites (tertiary alicyclic amines) is 1. The van der Waals surface area contributed by atoms with E-state index in [-0.39, 0.29) is 0 Å². The summed E-state index contributed by atoms with van der Waals surface area (Å²) in [6.07, 6.45) is 12.0. The molecule has 2 aliphatic rings. The van der Waals surface area contributed by atoms with E-state index in [0.29, 0.717) is 17.4 Å². The molecule has 2 N–H and O–H groups in total. The summed E-state index contributed by atoms with van der Waals surface area (Å²) in [6, 6.07) is 0. The molecule has 0 unspecified atom stereocenters. The van der Waals surface area contributed by atoms with Gasteiger partial charge in [-0.2, -0.15) is 4.98 Å². The fourth-order valence-corrected chi connectivity index (χ4v) is 3.53. The third kappa shape index (κ3) is 5.32. The molecule has 2 aromatic heterocycles. The van der Waals surface area contributed by atoms with Crippen LogP contribution >= 0.6 is 0 Å². The number of rotatable bonds is 4. The van der Waals surface area contributed by atoms with E-state index in [0.717, 1.165) is 24.9 Å². The Morgan fingerprint density at radius 3 is 2.43 bits per heavy atom. The van der Waals surface area contributed by atoms with Gasteiger partial charge in [-0.05, 0) is 18.8 Å². The van der Waals surface area contributed by atoms with Crippen molar-refractivity contribution in [2.24, 2.45) is 5.92 Å². The molecule has 1 aliphatic carbocycles. The molecular weight excluding hydrogens is 366 g/mol. The molecule has 1 saturated carbocycles. The maximum absolute atomic E-state index is 9.10. The zero-order chi connectivity index (χ0) is 19.9. The number of aromatic nitrogens is 4. The van der Waals surface area contributed by atoms with Crippen molar-refractivity contribution in [3.05, 3.63) is 24.5 Å². The molecule has 2 fully saturated rings. The zero-order valence-corrected chi connectivity index (χ0v) is 15.4. The molecular formula is C18H23N5O5. The minimum absolute atomic E-state index is 0.376. The molecule has 3 heterocycles. The van der Waals surface area contributed by atoms with Gasteiger partial charge in [0.15, 0.2) is 0 Å². The standard InChI is InChI=1S/C16H21N5O.C2H2O4/c1-2-4-12(5-3-1)9-21-10-13(11-21)16-19-15(20-22-16)14-8-17-6-7-18-14;3-1(4)2(5)6/h6-8,12-13H,1-5,9-11H2;(H,3,4)(H,5,6). The SMILES string of the molecule is O=C(O)C(=O)O.c1cnc(-c2noc(C3CN(CC4CCCCC4)C3)n2)cn1. The second kappa shape index (κ2) is 9.36. The number of hydrogen-bond acceptors (Lipinski definition) is 8. The Balaban J connectivity index is 0.000000330. The van der Waals surface area contributed by atoms with Gasteiger partial charge in [0.05, 0.1) is 12.1 Å². The van der Waals surface area contributed by atoms with Crippen molar-refractivity contribution < 1.29 is 24.3 Å². The van der Waals surface area contributed by atoms with Gasteiger partial charge in [0, 0.05) is 32.0 Å². The van der Waals surface area contributed by atoms with Crippen molar-refractivity contribution in [3.63, 3.8) is 0 Å². The molecule has 10 nitrogen and oxygen atoms in total. The van der Waals surface area contributed by atoms with Crippen molar-refractivity contribution in [1.82, 2.24) is 25.0 Å². The zero-order valence-electron chi connectivity index (χ0n) is 15.4. The van der Waals surface area contributed by atoms with Crippen LogP contribution in [0.5, 0.6) is 0 Å². The smallest absolute Gasteiger partial charge is 0.414 e. The molecule has 1 saturated heterocycles. The largest absolute Gasteiger partial charge is 0.473 e. The molecule has 28 heavy (non-hydrogen) atoms. The highest BCUT2D eigenvalue weighted by Crippen LogP contribution is 2.31. The predicted molar refractivity (Wildman–Crippen MR) is 96.4 cm³/mol. The van der Waals surface area contributed by atoms with Crippen LogP contribution in [0.4, 0.5) is 0 Å². The van der Waals surface area contributed by atoms with Gasteiger partial charge >= 0.3 is 11.9 Å².